The third-order valence-corrected chi connectivity index (χ3v) is 2.64. The molecule has 0 aromatic heterocycles. The van der Waals surface area contributed by atoms with E-state index in [4.69, 9.17) is 9.57 Å². The molecule has 1 N–H and O–H groups in total. The maximum Gasteiger partial charge on any atom is 0.252 e. The van der Waals surface area contributed by atoms with Gasteiger partial charge in [0.05, 0.1) is 26.2 Å². The zero-order valence-corrected chi connectivity index (χ0v) is 9.66. The molecule has 2 atom stereocenters. The first-order valence-corrected chi connectivity index (χ1v) is 5.33. The molecule has 1 aliphatic heterocycles. The SMILES string of the molecule is CCCNC1COCC1C(=O)N(C)OC. The number of hydrogen-bond acceptors (Lipinski definition) is 4. The zero-order valence-electron chi connectivity index (χ0n) is 9.66. The molecule has 1 heterocycles. The Morgan fingerprint density at radius 2 is 2.33 bits per heavy atom. The van der Waals surface area contributed by atoms with Crippen molar-refractivity contribution < 1.29 is 14.4 Å². The van der Waals surface area contributed by atoms with Gasteiger partial charge in [-0.15, -0.1) is 0 Å². The third-order valence-electron chi connectivity index (χ3n) is 2.64. The predicted molar refractivity (Wildman–Crippen MR) is 56.2 cm³/mol. The highest BCUT2D eigenvalue weighted by molar-refractivity contribution is 5.78. The Kier molecular flexibility index (Phi) is 5.01. The molecule has 1 saturated heterocycles. The number of carbonyl (C=O) groups excluding carboxylic acids is 1. The minimum absolute atomic E-state index is 0.0244. The summed E-state index contributed by atoms with van der Waals surface area (Å²) in [5, 5.41) is 4.58. The van der Waals surface area contributed by atoms with E-state index >= 15 is 0 Å². The van der Waals surface area contributed by atoms with Crippen LogP contribution in [0.4, 0.5) is 0 Å². The maximum absolute atomic E-state index is 11.8. The smallest absolute Gasteiger partial charge is 0.252 e. The van der Waals surface area contributed by atoms with Crippen LogP contribution in [0.25, 0.3) is 0 Å². The van der Waals surface area contributed by atoms with Gasteiger partial charge in [-0.25, -0.2) is 5.06 Å². The van der Waals surface area contributed by atoms with Crippen LogP contribution in [0.5, 0.6) is 0 Å². The highest BCUT2D eigenvalue weighted by Crippen LogP contribution is 2.16. The van der Waals surface area contributed by atoms with Gasteiger partial charge in [-0.1, -0.05) is 6.92 Å². The maximum atomic E-state index is 11.8. The summed E-state index contributed by atoms with van der Waals surface area (Å²) < 4.78 is 5.32. The van der Waals surface area contributed by atoms with Gasteiger partial charge in [0, 0.05) is 13.1 Å². The molecule has 5 heteroatoms. The number of amides is 1. The lowest BCUT2D eigenvalue weighted by Crippen LogP contribution is -2.44. The number of hydroxylamine groups is 2. The summed E-state index contributed by atoms with van der Waals surface area (Å²) in [6.07, 6.45) is 1.05. The molecule has 0 aliphatic carbocycles. The van der Waals surface area contributed by atoms with Crippen LogP contribution >= 0.6 is 0 Å². The van der Waals surface area contributed by atoms with E-state index in [2.05, 4.69) is 12.2 Å². The van der Waals surface area contributed by atoms with Crippen molar-refractivity contribution in [3.8, 4) is 0 Å². The van der Waals surface area contributed by atoms with Gasteiger partial charge in [0.1, 0.15) is 0 Å². The minimum Gasteiger partial charge on any atom is -0.379 e. The van der Waals surface area contributed by atoms with Gasteiger partial charge in [0.2, 0.25) is 0 Å². The molecule has 0 aromatic rings. The van der Waals surface area contributed by atoms with Crippen LogP contribution in [0, 0.1) is 5.92 Å². The highest BCUT2D eigenvalue weighted by Gasteiger charge is 2.35. The van der Waals surface area contributed by atoms with Gasteiger partial charge in [-0.05, 0) is 13.0 Å². The van der Waals surface area contributed by atoms with Crippen LogP contribution in [0.2, 0.25) is 0 Å². The molecule has 0 saturated carbocycles. The molecule has 5 nitrogen and oxygen atoms in total. The quantitative estimate of drug-likeness (QED) is 0.658. The molecule has 88 valence electrons. The van der Waals surface area contributed by atoms with Crippen molar-refractivity contribution in [2.75, 3.05) is 33.9 Å². The summed E-state index contributed by atoms with van der Waals surface area (Å²) in [7, 11) is 3.11. The van der Waals surface area contributed by atoms with Gasteiger partial charge < -0.3 is 10.1 Å². The predicted octanol–water partition coefficient (Wildman–Crippen LogP) is 0.0208. The molecule has 0 spiro atoms. The lowest BCUT2D eigenvalue weighted by Gasteiger charge is -2.22. The van der Waals surface area contributed by atoms with E-state index in [1.165, 1.54) is 12.2 Å². The van der Waals surface area contributed by atoms with E-state index in [9.17, 15) is 4.79 Å². The minimum atomic E-state index is -0.124. The highest BCUT2D eigenvalue weighted by atomic mass is 16.7. The molecule has 2 unspecified atom stereocenters. The van der Waals surface area contributed by atoms with Crippen LogP contribution in [0.1, 0.15) is 13.3 Å². The molecule has 15 heavy (non-hydrogen) atoms. The second-order valence-corrected chi connectivity index (χ2v) is 3.72. The van der Waals surface area contributed by atoms with Gasteiger partial charge in [-0.2, -0.15) is 0 Å². The number of rotatable bonds is 5. The van der Waals surface area contributed by atoms with E-state index in [0.29, 0.717) is 13.2 Å². The fourth-order valence-corrected chi connectivity index (χ4v) is 1.65. The van der Waals surface area contributed by atoms with Crippen molar-refractivity contribution in [1.82, 2.24) is 10.4 Å². The molecule has 1 amide bonds. The molecule has 1 aliphatic rings. The fraction of sp³-hybridized carbons (Fsp3) is 0.900. The number of hydrogen-bond donors (Lipinski definition) is 1. The Bertz CT molecular complexity index is 211. The van der Waals surface area contributed by atoms with Crippen LogP contribution in [0.3, 0.4) is 0 Å². The summed E-state index contributed by atoms with van der Waals surface area (Å²) in [5.74, 6) is -0.148. The lowest BCUT2D eigenvalue weighted by molar-refractivity contribution is -0.173. The molecular formula is C10H20N2O3. The summed E-state index contributed by atoms with van der Waals surface area (Å²) in [6.45, 7) is 4.09. The van der Waals surface area contributed by atoms with Crippen LogP contribution in [-0.4, -0.2) is 50.9 Å². The van der Waals surface area contributed by atoms with Gasteiger partial charge in [0.15, 0.2) is 0 Å². The Balaban J connectivity index is 2.48. The number of carbonyl (C=O) groups is 1. The lowest BCUT2D eigenvalue weighted by atomic mass is 10.0. The van der Waals surface area contributed by atoms with Gasteiger partial charge in [-0.3, -0.25) is 9.63 Å². The standard InChI is InChI=1S/C10H20N2O3/c1-4-5-11-9-7-15-6-8(9)10(13)12(2)14-3/h8-9,11H,4-7H2,1-3H3. The monoisotopic (exact) mass is 216 g/mol. The van der Waals surface area contributed by atoms with Crippen LogP contribution in [0.15, 0.2) is 0 Å². The Morgan fingerprint density at radius 3 is 2.93 bits per heavy atom. The van der Waals surface area contributed by atoms with Crippen molar-refractivity contribution in [3.05, 3.63) is 0 Å². The van der Waals surface area contributed by atoms with Crippen molar-refractivity contribution in [3.63, 3.8) is 0 Å². The number of nitrogens with zero attached hydrogens (tertiary/aromatic N) is 1. The normalized spacial score (nSPS) is 25.5. The first kappa shape index (κ1) is 12.4. The summed E-state index contributed by atoms with van der Waals surface area (Å²) >= 11 is 0. The van der Waals surface area contributed by atoms with Crippen molar-refractivity contribution in [2.45, 2.75) is 19.4 Å². The largest absolute Gasteiger partial charge is 0.379 e. The molecule has 1 rings (SSSR count). The van der Waals surface area contributed by atoms with E-state index in [-0.39, 0.29) is 17.9 Å². The average Bonchev–Trinajstić information content (AvgIpc) is 2.72. The average molecular weight is 216 g/mol. The number of nitrogens with one attached hydrogen (secondary N) is 1. The second-order valence-electron chi connectivity index (χ2n) is 3.72. The van der Waals surface area contributed by atoms with Gasteiger partial charge in [0.25, 0.3) is 5.91 Å². The third kappa shape index (κ3) is 3.15. The van der Waals surface area contributed by atoms with Gasteiger partial charge >= 0.3 is 0 Å². The van der Waals surface area contributed by atoms with Crippen LogP contribution in [-0.2, 0) is 14.4 Å². The van der Waals surface area contributed by atoms with Crippen molar-refractivity contribution in [2.24, 2.45) is 5.92 Å². The first-order chi connectivity index (χ1) is 7.20. The Labute approximate surface area is 90.7 Å². The summed E-state index contributed by atoms with van der Waals surface area (Å²) in [4.78, 5) is 16.7. The fourth-order valence-electron chi connectivity index (χ4n) is 1.65. The second kappa shape index (κ2) is 6.05. The molecule has 0 bridgehead atoms. The van der Waals surface area contributed by atoms with Crippen molar-refractivity contribution in [1.29, 1.82) is 0 Å². The van der Waals surface area contributed by atoms with E-state index in [1.54, 1.807) is 7.05 Å². The van der Waals surface area contributed by atoms with E-state index in [0.717, 1.165) is 13.0 Å². The number of ether oxygens (including phenoxy) is 1. The topological polar surface area (TPSA) is 50.8 Å². The summed E-state index contributed by atoms with van der Waals surface area (Å²) in [6, 6.07) is 0.120. The Hall–Kier alpha value is -0.650. The molecule has 1 fully saturated rings. The van der Waals surface area contributed by atoms with E-state index < -0.39 is 0 Å². The molecular weight excluding hydrogens is 196 g/mol. The van der Waals surface area contributed by atoms with E-state index in [1.807, 2.05) is 0 Å². The first-order valence-electron chi connectivity index (χ1n) is 5.33. The molecule has 0 radical (unpaired) electrons. The summed E-state index contributed by atoms with van der Waals surface area (Å²) in [5.41, 5.74) is 0. The van der Waals surface area contributed by atoms with Crippen LogP contribution < -0.4 is 5.32 Å². The zero-order chi connectivity index (χ0) is 11.3. The Morgan fingerprint density at radius 1 is 1.60 bits per heavy atom. The molecule has 0 aromatic carbocycles. The van der Waals surface area contributed by atoms with Crippen molar-refractivity contribution >= 4 is 5.91 Å².